The molecule has 0 aliphatic carbocycles. The van der Waals surface area contributed by atoms with Gasteiger partial charge in [-0.1, -0.05) is 0 Å². The van der Waals surface area contributed by atoms with Crippen molar-refractivity contribution in [1.82, 2.24) is 24.2 Å². The molecule has 31 heavy (non-hydrogen) atoms. The minimum atomic E-state index is -3.99. The van der Waals surface area contributed by atoms with Gasteiger partial charge in [0.15, 0.2) is 0 Å². The van der Waals surface area contributed by atoms with Crippen LogP contribution >= 0.6 is 0 Å². The number of nitrogens with one attached hydrogen (secondary N) is 3. The molecule has 3 N–H and O–H groups in total. The van der Waals surface area contributed by atoms with E-state index < -0.39 is 21.8 Å². The Morgan fingerprint density at radius 2 is 1.71 bits per heavy atom. The number of hydrogen-bond acceptors (Lipinski definition) is 6. The van der Waals surface area contributed by atoms with Crippen molar-refractivity contribution in [2.75, 3.05) is 14.2 Å². The summed E-state index contributed by atoms with van der Waals surface area (Å²) in [7, 11) is 0.821. The Hall–Kier alpha value is -3.57. The normalized spacial score (nSPS) is 12.7. The molecule has 4 aromatic rings. The number of rotatable bonds is 7. The number of hydrogen-bond donors (Lipinski definition) is 3. The number of benzene rings is 2. The van der Waals surface area contributed by atoms with Gasteiger partial charge in [-0.25, -0.2) is 18.2 Å². The first-order valence-corrected chi connectivity index (χ1v) is 10.7. The zero-order chi connectivity index (χ0) is 22.2. The monoisotopic (exact) mass is 443 g/mol. The fraction of sp³-hybridized carbons (Fsp3) is 0.200. The summed E-state index contributed by atoms with van der Waals surface area (Å²) in [5.41, 5.74) is 1.09. The molecule has 2 aromatic heterocycles. The Morgan fingerprint density at radius 3 is 2.32 bits per heavy atom. The van der Waals surface area contributed by atoms with E-state index in [1.807, 2.05) is 0 Å². The maximum Gasteiger partial charge on any atom is 0.323 e. The van der Waals surface area contributed by atoms with Gasteiger partial charge in [0.25, 0.3) is 0 Å². The lowest BCUT2D eigenvalue weighted by molar-refractivity contribution is 0.392. The summed E-state index contributed by atoms with van der Waals surface area (Å²) in [5.74, 6) is 1.51. The number of aromatic amines is 2. The molecule has 0 aliphatic heterocycles. The van der Waals surface area contributed by atoms with Crippen LogP contribution in [0.1, 0.15) is 17.4 Å². The van der Waals surface area contributed by atoms with E-state index in [-0.39, 0.29) is 4.90 Å². The highest BCUT2D eigenvalue weighted by molar-refractivity contribution is 7.89. The molecule has 0 fully saturated rings. The zero-order valence-corrected chi connectivity index (χ0v) is 17.9. The highest BCUT2D eigenvalue weighted by atomic mass is 32.2. The largest absolute Gasteiger partial charge is 0.497 e. The zero-order valence-electron chi connectivity index (χ0n) is 17.0. The Kier molecular flexibility index (Phi) is 5.29. The van der Waals surface area contributed by atoms with Crippen molar-refractivity contribution in [2.45, 2.75) is 10.9 Å². The molecule has 0 spiro atoms. The van der Waals surface area contributed by atoms with Gasteiger partial charge in [0, 0.05) is 25.5 Å². The summed E-state index contributed by atoms with van der Waals surface area (Å²) in [6.07, 6.45) is 3.31. The average Bonchev–Trinajstić information content (AvgIpc) is 3.35. The topological polar surface area (TPSA) is 131 Å². The van der Waals surface area contributed by atoms with Gasteiger partial charge in [-0.3, -0.25) is 0 Å². The number of H-pyrrole nitrogens is 2. The van der Waals surface area contributed by atoms with E-state index in [9.17, 15) is 13.2 Å². The van der Waals surface area contributed by atoms with Crippen molar-refractivity contribution in [3.63, 3.8) is 0 Å². The molecule has 0 saturated carbocycles. The Balaban J connectivity index is 1.81. The molecule has 10 nitrogen and oxygen atoms in total. The van der Waals surface area contributed by atoms with Crippen LogP contribution in [0.4, 0.5) is 0 Å². The fourth-order valence-corrected chi connectivity index (χ4v) is 4.53. The maximum absolute atomic E-state index is 13.3. The van der Waals surface area contributed by atoms with E-state index in [0.717, 1.165) is 0 Å². The molecule has 4 rings (SSSR count). The third-order valence-electron chi connectivity index (χ3n) is 4.89. The van der Waals surface area contributed by atoms with Gasteiger partial charge in [-0.15, -0.1) is 0 Å². The minimum Gasteiger partial charge on any atom is -0.497 e. The van der Waals surface area contributed by atoms with Crippen molar-refractivity contribution in [3.8, 4) is 11.5 Å². The quantitative estimate of drug-likeness (QED) is 0.398. The van der Waals surface area contributed by atoms with Gasteiger partial charge >= 0.3 is 5.69 Å². The van der Waals surface area contributed by atoms with E-state index >= 15 is 0 Å². The van der Waals surface area contributed by atoms with Gasteiger partial charge < -0.3 is 24.0 Å². The molecule has 0 radical (unpaired) electrons. The smallest absolute Gasteiger partial charge is 0.323 e. The second-order valence-corrected chi connectivity index (χ2v) is 8.60. The van der Waals surface area contributed by atoms with Gasteiger partial charge in [0.05, 0.1) is 30.1 Å². The summed E-state index contributed by atoms with van der Waals surface area (Å²) in [6, 6.07) is 8.67. The van der Waals surface area contributed by atoms with Crippen molar-refractivity contribution in [1.29, 1.82) is 0 Å². The summed E-state index contributed by atoms with van der Waals surface area (Å²) in [6.45, 7) is 0. The number of ether oxygens (including phenoxy) is 2. The third kappa shape index (κ3) is 4.05. The van der Waals surface area contributed by atoms with Crippen LogP contribution in [-0.4, -0.2) is 42.2 Å². The van der Waals surface area contributed by atoms with Crippen molar-refractivity contribution < 1.29 is 17.9 Å². The molecule has 0 saturated heterocycles. The molecular formula is C20H21N5O5S. The first-order valence-electron chi connectivity index (χ1n) is 9.25. The van der Waals surface area contributed by atoms with E-state index in [1.165, 1.54) is 32.4 Å². The SMILES string of the molecule is COc1cc(OC)cc(C(NS(=O)(=O)c2ccc3[nH]c(=O)[nH]c3c2)c2nccn2C)c1. The number of nitrogens with zero attached hydrogens (tertiary/aromatic N) is 2. The molecule has 1 unspecified atom stereocenters. The molecule has 1 atom stereocenters. The number of methoxy groups -OCH3 is 2. The van der Waals surface area contributed by atoms with Gasteiger partial charge in [0.2, 0.25) is 10.0 Å². The Bertz CT molecular complexity index is 1380. The molecule has 2 heterocycles. The van der Waals surface area contributed by atoms with E-state index in [0.29, 0.717) is 33.9 Å². The number of aromatic nitrogens is 4. The van der Waals surface area contributed by atoms with E-state index in [4.69, 9.17) is 9.47 Å². The lowest BCUT2D eigenvalue weighted by atomic mass is 10.1. The number of imidazole rings is 2. The molecule has 0 bridgehead atoms. The third-order valence-corrected chi connectivity index (χ3v) is 6.32. The van der Waals surface area contributed by atoms with Crippen LogP contribution in [0.15, 0.2) is 58.5 Å². The van der Waals surface area contributed by atoms with Crippen LogP contribution in [0.3, 0.4) is 0 Å². The maximum atomic E-state index is 13.3. The predicted molar refractivity (Wildman–Crippen MR) is 114 cm³/mol. The van der Waals surface area contributed by atoms with Crippen LogP contribution < -0.4 is 19.9 Å². The van der Waals surface area contributed by atoms with Crippen molar-refractivity contribution in [3.05, 3.63) is 70.7 Å². The summed E-state index contributed by atoms with van der Waals surface area (Å²) in [4.78, 5) is 21.0. The molecule has 2 aromatic carbocycles. The second kappa shape index (κ2) is 7.93. The Morgan fingerprint density at radius 1 is 1.03 bits per heavy atom. The number of aryl methyl sites for hydroxylation is 1. The molecular weight excluding hydrogens is 422 g/mol. The lowest BCUT2D eigenvalue weighted by Crippen LogP contribution is -2.31. The van der Waals surface area contributed by atoms with E-state index in [1.54, 1.807) is 42.2 Å². The highest BCUT2D eigenvalue weighted by Gasteiger charge is 2.27. The van der Waals surface area contributed by atoms with Crippen LogP contribution in [0.5, 0.6) is 11.5 Å². The second-order valence-electron chi connectivity index (χ2n) is 6.88. The molecule has 162 valence electrons. The first kappa shape index (κ1) is 20.7. The van der Waals surface area contributed by atoms with Crippen LogP contribution in [0.2, 0.25) is 0 Å². The van der Waals surface area contributed by atoms with Crippen molar-refractivity contribution in [2.24, 2.45) is 7.05 Å². The Labute approximate surface area is 177 Å². The average molecular weight is 443 g/mol. The predicted octanol–water partition coefficient (Wildman–Crippen LogP) is 1.67. The van der Waals surface area contributed by atoms with Crippen LogP contribution in [0.25, 0.3) is 11.0 Å². The molecule has 11 heteroatoms. The summed E-state index contributed by atoms with van der Waals surface area (Å²) in [5, 5.41) is 0. The van der Waals surface area contributed by atoms with Crippen LogP contribution in [0, 0.1) is 0 Å². The standard InChI is InChI=1S/C20H21N5O5S/c1-25-7-6-21-19(25)18(12-8-13(29-2)10-14(9-12)30-3)24-31(27,28)15-4-5-16-17(11-15)23-20(26)22-16/h4-11,18,24H,1-3H3,(H2,22,23,26). The molecule has 0 amide bonds. The van der Waals surface area contributed by atoms with Gasteiger partial charge in [0.1, 0.15) is 23.4 Å². The summed E-state index contributed by atoms with van der Waals surface area (Å²) >= 11 is 0. The number of fused-ring (bicyclic) bond motifs is 1. The fourth-order valence-electron chi connectivity index (χ4n) is 3.32. The summed E-state index contributed by atoms with van der Waals surface area (Å²) < 4.78 is 41.7. The highest BCUT2D eigenvalue weighted by Crippen LogP contribution is 2.30. The van der Waals surface area contributed by atoms with Gasteiger partial charge in [-0.05, 0) is 35.9 Å². The van der Waals surface area contributed by atoms with E-state index in [2.05, 4.69) is 19.7 Å². The minimum absolute atomic E-state index is 0.00400. The lowest BCUT2D eigenvalue weighted by Gasteiger charge is -2.20. The van der Waals surface area contributed by atoms with Crippen LogP contribution in [-0.2, 0) is 17.1 Å². The van der Waals surface area contributed by atoms with Crippen molar-refractivity contribution >= 4 is 21.1 Å². The van der Waals surface area contributed by atoms with Gasteiger partial charge in [-0.2, -0.15) is 4.72 Å². The number of sulfonamides is 1. The molecule has 0 aliphatic rings. The first-order chi connectivity index (χ1) is 14.8.